The third kappa shape index (κ3) is 6.30. The number of hydrogen-bond donors (Lipinski definition) is 1. The highest BCUT2D eigenvalue weighted by molar-refractivity contribution is 7.23. The Morgan fingerprint density at radius 1 is 1.23 bits per heavy atom. The van der Waals surface area contributed by atoms with Gasteiger partial charge in [-0.15, -0.1) is 11.3 Å². The molecule has 10 nitrogen and oxygen atoms in total. The predicted octanol–water partition coefficient (Wildman–Crippen LogP) is 6.98. The molecule has 1 amide bonds. The molecule has 3 aliphatic rings. The van der Waals surface area contributed by atoms with Crippen LogP contribution in [0.3, 0.4) is 0 Å². The molecule has 2 aromatic carbocycles. The molecule has 3 unspecified atom stereocenters. The minimum absolute atomic E-state index is 0.000733. The van der Waals surface area contributed by atoms with Gasteiger partial charge in [-0.05, 0) is 56.8 Å². The Labute approximate surface area is 307 Å². The fourth-order valence-corrected chi connectivity index (χ4v) is 9.39. The molecule has 0 aliphatic carbocycles. The zero-order valence-corrected chi connectivity index (χ0v) is 30.6. The lowest BCUT2D eigenvalue weighted by atomic mass is 9.92. The number of benzene rings is 2. The van der Waals surface area contributed by atoms with Gasteiger partial charge >= 0.3 is 12.2 Å². The van der Waals surface area contributed by atoms with Crippen molar-refractivity contribution in [2.75, 3.05) is 57.1 Å². The van der Waals surface area contributed by atoms with Crippen LogP contribution in [-0.4, -0.2) is 89.8 Å². The van der Waals surface area contributed by atoms with Crippen LogP contribution in [0.5, 0.6) is 6.01 Å². The van der Waals surface area contributed by atoms with Crippen LogP contribution in [-0.2, 0) is 15.7 Å². The molecule has 7 rings (SSSR count). The number of hydrogen-bond acceptors (Lipinski definition) is 10. The van der Waals surface area contributed by atoms with Gasteiger partial charge in [0, 0.05) is 61.6 Å². The number of carbonyl (C=O) groups excluding carboxylic acids is 1. The van der Waals surface area contributed by atoms with Gasteiger partial charge in [-0.2, -0.15) is 28.4 Å². The number of ether oxygens (including phenoxy) is 2. The largest absolute Gasteiger partial charge is 0.461 e. The van der Waals surface area contributed by atoms with Crippen LogP contribution in [0.4, 0.5) is 32.8 Å². The van der Waals surface area contributed by atoms with E-state index in [1.54, 1.807) is 30.8 Å². The molecular weight excluding hydrogens is 718 g/mol. The molecule has 0 bridgehead atoms. The molecule has 3 aliphatic heterocycles. The summed E-state index contributed by atoms with van der Waals surface area (Å²) < 4.78 is 89.5. The number of fused-ring (bicyclic) bond motifs is 3. The molecule has 53 heavy (non-hydrogen) atoms. The summed E-state index contributed by atoms with van der Waals surface area (Å²) in [6.07, 6.45) is -2.10. The third-order valence-electron chi connectivity index (χ3n) is 11.0. The number of likely N-dealkylation sites (N-methyl/N-ethyl adjacent to an activating group) is 1. The highest BCUT2D eigenvalue weighted by atomic mass is 32.1. The maximum atomic E-state index is 17.3. The molecule has 16 heteroatoms. The van der Waals surface area contributed by atoms with Gasteiger partial charge < -0.3 is 25.0 Å². The summed E-state index contributed by atoms with van der Waals surface area (Å²) >= 11 is 0.702. The summed E-state index contributed by atoms with van der Waals surface area (Å²) in [6.45, 7) is 8.17. The number of alkyl halides is 3. The number of halogens is 5. The van der Waals surface area contributed by atoms with E-state index in [1.807, 2.05) is 13.0 Å². The Morgan fingerprint density at radius 2 is 2.00 bits per heavy atom. The Kier molecular flexibility index (Phi) is 9.65. The Bertz CT molecular complexity index is 2140. The van der Waals surface area contributed by atoms with Crippen LogP contribution in [0.2, 0.25) is 0 Å². The van der Waals surface area contributed by atoms with Crippen LogP contribution in [0.1, 0.15) is 57.6 Å². The van der Waals surface area contributed by atoms with E-state index in [0.717, 1.165) is 44.1 Å². The molecule has 4 aromatic rings. The number of amides is 1. The lowest BCUT2D eigenvalue weighted by molar-refractivity contribution is -0.137. The highest BCUT2D eigenvalue weighted by Crippen LogP contribution is 2.48. The number of nitriles is 1. The number of carbonyl (C=O) groups is 1. The zero-order chi connectivity index (χ0) is 38.0. The summed E-state index contributed by atoms with van der Waals surface area (Å²) in [5.41, 5.74) is 2.37. The molecule has 0 saturated carbocycles. The Morgan fingerprint density at radius 3 is 2.68 bits per heavy atom. The number of aromatic nitrogens is 2. The first-order valence-electron chi connectivity index (χ1n) is 17.7. The summed E-state index contributed by atoms with van der Waals surface area (Å²) in [4.78, 5) is 27.8. The molecule has 3 atom stereocenters. The van der Waals surface area contributed by atoms with E-state index in [4.69, 9.17) is 15.2 Å². The molecule has 0 spiro atoms. The fraction of sp³-hybridized carbons (Fsp3) is 0.514. The number of thiophene rings is 1. The van der Waals surface area contributed by atoms with Gasteiger partial charge in [0.15, 0.2) is 5.82 Å². The summed E-state index contributed by atoms with van der Waals surface area (Å²) in [7, 11) is 1.66. The number of nitrogens with zero attached hydrogens (tertiary/aromatic N) is 6. The molecule has 3 saturated heterocycles. The van der Waals surface area contributed by atoms with Crippen molar-refractivity contribution in [2.45, 2.75) is 70.3 Å². The van der Waals surface area contributed by atoms with E-state index < -0.39 is 34.5 Å². The summed E-state index contributed by atoms with van der Waals surface area (Å²) in [5, 5.41) is 9.37. The van der Waals surface area contributed by atoms with E-state index in [9.17, 15) is 10.1 Å². The second kappa shape index (κ2) is 13.8. The normalized spacial score (nSPS) is 21.9. The molecule has 0 radical (unpaired) electrons. The maximum absolute atomic E-state index is 17.3. The molecule has 5 heterocycles. The molecular formula is C37H40F5N7O3S. The quantitative estimate of drug-likeness (QED) is 0.181. The van der Waals surface area contributed by atoms with Crippen molar-refractivity contribution < 1.29 is 36.2 Å². The van der Waals surface area contributed by atoms with E-state index >= 15 is 22.0 Å². The minimum atomic E-state index is -5.10. The van der Waals surface area contributed by atoms with Crippen molar-refractivity contribution in [1.29, 1.82) is 5.26 Å². The van der Waals surface area contributed by atoms with E-state index in [2.05, 4.69) is 14.9 Å². The minimum Gasteiger partial charge on any atom is -0.461 e. The first kappa shape index (κ1) is 37.0. The van der Waals surface area contributed by atoms with Crippen molar-refractivity contribution in [3.63, 3.8) is 0 Å². The molecule has 3 fully saturated rings. The lowest BCUT2D eigenvalue weighted by Gasteiger charge is -2.32. The van der Waals surface area contributed by atoms with Crippen LogP contribution in [0.15, 0.2) is 18.2 Å². The van der Waals surface area contributed by atoms with Crippen LogP contribution in [0, 0.1) is 28.9 Å². The highest BCUT2D eigenvalue weighted by Gasteiger charge is 2.49. The number of likely N-dealkylation sites (tertiary alicyclic amines) is 1. The van der Waals surface area contributed by atoms with Gasteiger partial charge in [-0.3, -0.25) is 9.69 Å². The molecule has 282 valence electrons. The maximum Gasteiger partial charge on any atom is 0.417 e. The van der Waals surface area contributed by atoms with Gasteiger partial charge in [0.05, 0.1) is 27.5 Å². The number of nitrogen functional groups attached to an aromatic ring is 1. The second-order valence-corrected chi connectivity index (χ2v) is 15.4. The van der Waals surface area contributed by atoms with Crippen molar-refractivity contribution in [3.8, 4) is 23.2 Å². The lowest BCUT2D eigenvalue weighted by Crippen LogP contribution is -2.43. The SMILES string of the molecule is CCN(c1nc(OCC23CCCN2CC(OC)C3)nc2c(F)c(-c3ccc(F)c4sc(N)c(C#N)c34)c(C(F)(F)F)cc12)C1CCN(C(=O)C(C)C)C1. The Balaban J connectivity index is 1.43. The van der Waals surface area contributed by atoms with Crippen LogP contribution in [0.25, 0.3) is 32.1 Å². The monoisotopic (exact) mass is 757 g/mol. The topological polar surface area (TPSA) is 121 Å². The number of anilines is 2. The summed E-state index contributed by atoms with van der Waals surface area (Å²) in [6, 6.07) is 4.08. The van der Waals surface area contributed by atoms with Crippen molar-refractivity contribution in [3.05, 3.63) is 41.0 Å². The first-order valence-corrected chi connectivity index (χ1v) is 18.5. The zero-order valence-electron chi connectivity index (χ0n) is 29.8. The van der Waals surface area contributed by atoms with E-state index in [1.165, 1.54) is 0 Å². The second-order valence-electron chi connectivity index (χ2n) is 14.4. The smallest absolute Gasteiger partial charge is 0.417 e. The number of methoxy groups -OCH3 is 1. The average Bonchev–Trinajstić information content (AvgIpc) is 3.90. The molecule has 2 N–H and O–H groups in total. The van der Waals surface area contributed by atoms with E-state index in [0.29, 0.717) is 37.3 Å². The fourth-order valence-electron chi connectivity index (χ4n) is 8.44. The van der Waals surface area contributed by atoms with Gasteiger partial charge in [-0.25, -0.2) is 8.78 Å². The van der Waals surface area contributed by atoms with E-state index in [-0.39, 0.29) is 86.1 Å². The van der Waals surface area contributed by atoms with Crippen LogP contribution >= 0.6 is 11.3 Å². The van der Waals surface area contributed by atoms with Gasteiger partial charge in [0.2, 0.25) is 5.91 Å². The van der Waals surface area contributed by atoms with Crippen molar-refractivity contribution in [2.24, 2.45) is 5.92 Å². The average molecular weight is 758 g/mol. The van der Waals surface area contributed by atoms with Gasteiger partial charge in [0.25, 0.3) is 0 Å². The van der Waals surface area contributed by atoms with Gasteiger partial charge in [0.1, 0.15) is 34.8 Å². The van der Waals surface area contributed by atoms with Crippen LogP contribution < -0.4 is 15.4 Å². The first-order chi connectivity index (χ1) is 25.2. The van der Waals surface area contributed by atoms with Gasteiger partial charge in [-0.1, -0.05) is 19.9 Å². The van der Waals surface area contributed by atoms with Crippen molar-refractivity contribution >= 4 is 49.1 Å². The third-order valence-corrected chi connectivity index (χ3v) is 12.0. The standard InChI is InChI=1S/C37H40F5N7O3S/c1-5-49(20-9-12-47(16-20)34(50)19(2)3)33-23-13-25(37(40,41)42)28(22-7-8-26(38)31-27(22)24(15-43)32(44)53-31)29(39)30(23)45-35(46-33)52-18-36-10-6-11-48(36)17-21(14-36)51-4/h7-8,13,19-21H,5-6,9-12,14,16-18,44H2,1-4H3. The summed E-state index contributed by atoms with van der Waals surface area (Å²) in [5.74, 6) is -2.38. The van der Waals surface area contributed by atoms with Crippen molar-refractivity contribution in [1.82, 2.24) is 19.8 Å². The predicted molar refractivity (Wildman–Crippen MR) is 192 cm³/mol. The number of nitrogens with two attached hydrogens (primary N) is 1. The number of rotatable bonds is 9. The Hall–Kier alpha value is -4.33. The molecule has 2 aromatic heterocycles.